The third kappa shape index (κ3) is 6.00. The summed E-state index contributed by atoms with van der Waals surface area (Å²) in [6.07, 6.45) is 1.34. The number of ketones is 1. The molecule has 3 rings (SSSR count). The Kier molecular flexibility index (Phi) is 7.74. The van der Waals surface area contributed by atoms with Crippen molar-refractivity contribution in [2.75, 3.05) is 38.0 Å². The predicted molar refractivity (Wildman–Crippen MR) is 117 cm³/mol. The monoisotopic (exact) mass is 408 g/mol. The van der Waals surface area contributed by atoms with E-state index in [1.54, 1.807) is 12.1 Å². The van der Waals surface area contributed by atoms with Gasteiger partial charge in [0.2, 0.25) is 5.91 Å². The van der Waals surface area contributed by atoms with Crippen molar-refractivity contribution in [1.82, 2.24) is 4.90 Å². The molecule has 2 aromatic rings. The molecule has 1 aliphatic heterocycles. The number of Topliss-reactive ketones (excluding diaryl/α,β-unsaturated/α-hetero) is 1. The van der Waals surface area contributed by atoms with Crippen molar-refractivity contribution in [1.29, 1.82) is 0 Å². The number of aryl methyl sites for hydroxylation is 1. The van der Waals surface area contributed by atoms with Gasteiger partial charge in [-0.15, -0.1) is 0 Å². The van der Waals surface area contributed by atoms with Crippen molar-refractivity contribution >= 4 is 23.3 Å². The molecule has 0 unspecified atom stereocenters. The van der Waals surface area contributed by atoms with Crippen molar-refractivity contribution in [2.45, 2.75) is 26.2 Å². The molecule has 1 saturated heterocycles. The summed E-state index contributed by atoms with van der Waals surface area (Å²) in [6.45, 7) is 5.17. The zero-order valence-electron chi connectivity index (χ0n) is 17.5. The summed E-state index contributed by atoms with van der Waals surface area (Å²) in [7, 11) is 0. The van der Waals surface area contributed by atoms with Gasteiger partial charge in [-0.25, -0.2) is 0 Å². The fourth-order valence-electron chi connectivity index (χ4n) is 3.77. The van der Waals surface area contributed by atoms with Crippen molar-refractivity contribution in [3.8, 4) is 0 Å². The molecule has 1 heterocycles. The Labute approximate surface area is 177 Å². The number of hydrogen-bond acceptors (Lipinski definition) is 3. The second-order valence-electron chi connectivity index (χ2n) is 7.66. The van der Waals surface area contributed by atoms with Crippen LogP contribution in [0.2, 0.25) is 0 Å². The SMILES string of the molecule is CCc1ccccc1NC(=O)C[NH+]1CCN(C(=O)CCC(=O)c2ccccc2)CC1. The van der Waals surface area contributed by atoms with Crippen LogP contribution >= 0.6 is 0 Å². The zero-order chi connectivity index (χ0) is 21.3. The zero-order valence-corrected chi connectivity index (χ0v) is 17.5. The normalized spacial score (nSPS) is 14.4. The lowest BCUT2D eigenvalue weighted by Crippen LogP contribution is -3.15. The van der Waals surface area contributed by atoms with Crippen LogP contribution in [-0.2, 0) is 16.0 Å². The van der Waals surface area contributed by atoms with E-state index < -0.39 is 0 Å². The van der Waals surface area contributed by atoms with E-state index in [0.29, 0.717) is 25.2 Å². The topological polar surface area (TPSA) is 70.9 Å². The molecule has 0 bridgehead atoms. The minimum atomic E-state index is -0.00255. The summed E-state index contributed by atoms with van der Waals surface area (Å²) in [5.74, 6) is 0.0102. The van der Waals surface area contributed by atoms with Gasteiger partial charge in [0, 0.05) is 24.1 Å². The number of piperazine rings is 1. The number of nitrogens with one attached hydrogen (secondary N) is 2. The molecular formula is C24H30N3O3+. The number of carbonyl (C=O) groups excluding carboxylic acids is 3. The molecule has 0 saturated carbocycles. The number of quaternary nitrogens is 1. The average Bonchev–Trinajstić information content (AvgIpc) is 2.78. The summed E-state index contributed by atoms with van der Waals surface area (Å²) in [5.41, 5.74) is 2.65. The summed E-state index contributed by atoms with van der Waals surface area (Å²) < 4.78 is 0. The second-order valence-corrected chi connectivity index (χ2v) is 7.66. The predicted octanol–water partition coefficient (Wildman–Crippen LogP) is 1.58. The highest BCUT2D eigenvalue weighted by Gasteiger charge is 2.25. The lowest BCUT2D eigenvalue weighted by atomic mass is 10.1. The molecule has 158 valence electrons. The van der Waals surface area contributed by atoms with E-state index >= 15 is 0 Å². The van der Waals surface area contributed by atoms with Crippen LogP contribution in [0.15, 0.2) is 54.6 Å². The Morgan fingerprint density at radius 1 is 0.933 bits per heavy atom. The second kappa shape index (κ2) is 10.7. The first kappa shape index (κ1) is 21.7. The molecule has 1 fully saturated rings. The van der Waals surface area contributed by atoms with E-state index in [2.05, 4.69) is 12.2 Å². The van der Waals surface area contributed by atoms with E-state index in [0.717, 1.165) is 30.8 Å². The van der Waals surface area contributed by atoms with Gasteiger partial charge in [-0.1, -0.05) is 55.5 Å². The Bertz CT molecular complexity index is 874. The highest BCUT2D eigenvalue weighted by Crippen LogP contribution is 2.15. The molecule has 0 aromatic heterocycles. The van der Waals surface area contributed by atoms with Gasteiger partial charge in [0.25, 0.3) is 5.91 Å². The van der Waals surface area contributed by atoms with Crippen LogP contribution in [0.3, 0.4) is 0 Å². The third-order valence-electron chi connectivity index (χ3n) is 5.57. The lowest BCUT2D eigenvalue weighted by molar-refractivity contribution is -0.895. The van der Waals surface area contributed by atoms with Crippen LogP contribution in [0.25, 0.3) is 0 Å². The maximum atomic E-state index is 12.5. The number of rotatable bonds is 8. The summed E-state index contributed by atoms with van der Waals surface area (Å²) >= 11 is 0. The first-order valence-corrected chi connectivity index (χ1v) is 10.6. The van der Waals surface area contributed by atoms with Crippen molar-refractivity contribution in [2.24, 2.45) is 0 Å². The molecule has 0 atom stereocenters. The quantitative estimate of drug-likeness (QED) is 0.652. The molecule has 2 aromatic carbocycles. The van der Waals surface area contributed by atoms with E-state index in [1.165, 1.54) is 4.90 Å². The number of hydrogen-bond donors (Lipinski definition) is 2. The number of para-hydroxylation sites is 1. The maximum Gasteiger partial charge on any atom is 0.279 e. The van der Waals surface area contributed by atoms with Gasteiger partial charge in [-0.3, -0.25) is 14.4 Å². The standard InChI is InChI=1S/C24H29N3O3/c1-2-19-8-6-7-11-21(19)25-23(29)18-26-14-16-27(17-15-26)24(30)13-12-22(28)20-9-4-3-5-10-20/h3-11H,2,12-18H2,1H3,(H,25,29)/p+1. The van der Waals surface area contributed by atoms with Gasteiger partial charge in [0.1, 0.15) is 0 Å². The van der Waals surface area contributed by atoms with Crippen LogP contribution < -0.4 is 10.2 Å². The molecule has 0 aliphatic carbocycles. The van der Waals surface area contributed by atoms with Crippen molar-refractivity contribution in [3.63, 3.8) is 0 Å². The Hall–Kier alpha value is -2.99. The fraction of sp³-hybridized carbons (Fsp3) is 0.375. The highest BCUT2D eigenvalue weighted by molar-refractivity contribution is 5.97. The molecule has 0 spiro atoms. The molecular weight excluding hydrogens is 378 g/mol. The van der Waals surface area contributed by atoms with E-state index in [1.807, 2.05) is 47.4 Å². The van der Waals surface area contributed by atoms with Gasteiger partial charge < -0.3 is 15.1 Å². The van der Waals surface area contributed by atoms with E-state index in [-0.39, 0.29) is 30.4 Å². The molecule has 30 heavy (non-hydrogen) atoms. The molecule has 1 aliphatic rings. The van der Waals surface area contributed by atoms with Gasteiger partial charge in [0.05, 0.1) is 26.2 Å². The number of anilines is 1. The fourth-order valence-corrected chi connectivity index (χ4v) is 3.77. The summed E-state index contributed by atoms with van der Waals surface area (Å²) in [5, 5.41) is 3.01. The van der Waals surface area contributed by atoms with Gasteiger partial charge in [0.15, 0.2) is 12.3 Å². The van der Waals surface area contributed by atoms with Crippen LogP contribution in [0.5, 0.6) is 0 Å². The highest BCUT2D eigenvalue weighted by atomic mass is 16.2. The molecule has 2 amide bonds. The van der Waals surface area contributed by atoms with Crippen LogP contribution in [0.1, 0.15) is 35.7 Å². The molecule has 0 radical (unpaired) electrons. The summed E-state index contributed by atoms with van der Waals surface area (Å²) in [6, 6.07) is 16.9. The number of carbonyl (C=O) groups is 3. The molecule has 2 N–H and O–H groups in total. The Balaban J connectivity index is 1.40. The Morgan fingerprint density at radius 3 is 2.30 bits per heavy atom. The van der Waals surface area contributed by atoms with Crippen molar-refractivity contribution in [3.05, 3.63) is 65.7 Å². The third-order valence-corrected chi connectivity index (χ3v) is 5.57. The Morgan fingerprint density at radius 2 is 1.60 bits per heavy atom. The largest absolute Gasteiger partial charge is 0.331 e. The smallest absolute Gasteiger partial charge is 0.279 e. The number of nitrogens with zero attached hydrogens (tertiary/aromatic N) is 1. The first-order valence-electron chi connectivity index (χ1n) is 10.6. The van der Waals surface area contributed by atoms with E-state index in [4.69, 9.17) is 0 Å². The van der Waals surface area contributed by atoms with Gasteiger partial charge >= 0.3 is 0 Å². The number of amides is 2. The minimum absolute atomic E-state index is 0.000802. The van der Waals surface area contributed by atoms with Gasteiger partial charge in [-0.2, -0.15) is 0 Å². The van der Waals surface area contributed by atoms with Crippen molar-refractivity contribution < 1.29 is 19.3 Å². The van der Waals surface area contributed by atoms with Gasteiger partial charge in [-0.05, 0) is 18.1 Å². The first-order chi connectivity index (χ1) is 14.6. The average molecular weight is 409 g/mol. The van der Waals surface area contributed by atoms with Crippen LogP contribution in [-0.4, -0.2) is 55.2 Å². The number of benzene rings is 2. The lowest BCUT2D eigenvalue weighted by Gasteiger charge is -2.32. The van der Waals surface area contributed by atoms with Crippen LogP contribution in [0, 0.1) is 0 Å². The van der Waals surface area contributed by atoms with E-state index in [9.17, 15) is 14.4 Å². The molecule has 6 heteroatoms. The minimum Gasteiger partial charge on any atom is -0.331 e. The maximum absolute atomic E-state index is 12.5. The molecule has 6 nitrogen and oxygen atoms in total. The summed E-state index contributed by atoms with van der Waals surface area (Å²) in [4.78, 5) is 40.1. The van der Waals surface area contributed by atoms with Crippen LogP contribution in [0.4, 0.5) is 5.69 Å².